The molecule has 0 bridgehead atoms. The van der Waals surface area contributed by atoms with Gasteiger partial charge in [-0.05, 0) is 42.0 Å². The van der Waals surface area contributed by atoms with Crippen LogP contribution in [-0.4, -0.2) is 25.0 Å². The first kappa shape index (κ1) is 20.0. The SMILES string of the molecule is CN1CC(=Cc2ccccc2Br)C2=C(C1)C(c1ccccc1Br)C(C#N)=C(N)O2. The highest BCUT2D eigenvalue weighted by Crippen LogP contribution is 2.45. The van der Waals surface area contributed by atoms with E-state index in [-0.39, 0.29) is 11.8 Å². The summed E-state index contributed by atoms with van der Waals surface area (Å²) < 4.78 is 8.01. The number of nitrogens with zero attached hydrogens (tertiary/aromatic N) is 2. The Morgan fingerprint density at radius 2 is 1.79 bits per heavy atom. The molecule has 0 fully saturated rings. The van der Waals surface area contributed by atoms with Crippen molar-refractivity contribution in [3.8, 4) is 6.07 Å². The van der Waals surface area contributed by atoms with E-state index in [4.69, 9.17) is 10.5 Å². The van der Waals surface area contributed by atoms with Gasteiger partial charge in [0, 0.05) is 27.6 Å². The van der Waals surface area contributed by atoms with Crippen LogP contribution in [0.5, 0.6) is 0 Å². The number of halogens is 2. The van der Waals surface area contributed by atoms with Gasteiger partial charge in [-0.2, -0.15) is 5.26 Å². The Balaban J connectivity index is 1.91. The average Bonchev–Trinajstić information content (AvgIpc) is 2.70. The third-order valence-electron chi connectivity index (χ3n) is 5.15. The fourth-order valence-electron chi connectivity index (χ4n) is 3.89. The third kappa shape index (κ3) is 3.78. The molecule has 1 atom stereocenters. The summed E-state index contributed by atoms with van der Waals surface area (Å²) in [5.41, 5.74) is 10.9. The molecule has 2 aromatic rings. The van der Waals surface area contributed by atoms with E-state index in [0.717, 1.165) is 43.5 Å². The average molecular weight is 513 g/mol. The Bertz CT molecular complexity index is 1110. The predicted octanol–water partition coefficient (Wildman–Crippen LogP) is 5.30. The summed E-state index contributed by atoms with van der Waals surface area (Å²) >= 11 is 7.27. The van der Waals surface area contributed by atoms with E-state index in [1.807, 2.05) is 42.5 Å². The Morgan fingerprint density at radius 1 is 1.10 bits per heavy atom. The molecule has 2 aliphatic rings. The van der Waals surface area contributed by atoms with E-state index in [1.165, 1.54) is 0 Å². The number of ether oxygens (including phenoxy) is 1. The Kier molecular flexibility index (Phi) is 5.64. The number of rotatable bonds is 2. The van der Waals surface area contributed by atoms with Crippen LogP contribution in [-0.2, 0) is 4.74 Å². The van der Waals surface area contributed by atoms with Crippen molar-refractivity contribution < 1.29 is 4.74 Å². The molecule has 146 valence electrons. The maximum atomic E-state index is 9.84. The zero-order chi connectivity index (χ0) is 20.5. The molecule has 0 saturated heterocycles. The molecule has 0 amide bonds. The van der Waals surface area contributed by atoms with Crippen LogP contribution in [0, 0.1) is 11.3 Å². The van der Waals surface area contributed by atoms with Gasteiger partial charge in [-0.3, -0.25) is 4.90 Å². The number of likely N-dealkylation sites (N-methyl/N-ethyl adjacent to an activating group) is 1. The lowest BCUT2D eigenvalue weighted by atomic mass is 9.80. The van der Waals surface area contributed by atoms with Gasteiger partial charge in [0.2, 0.25) is 5.88 Å². The first-order valence-corrected chi connectivity index (χ1v) is 10.8. The van der Waals surface area contributed by atoms with Crippen LogP contribution in [0.15, 0.2) is 85.8 Å². The van der Waals surface area contributed by atoms with E-state index in [0.29, 0.717) is 12.1 Å². The minimum atomic E-state index is -0.246. The lowest BCUT2D eigenvalue weighted by molar-refractivity contribution is 0.251. The molecule has 4 rings (SSSR count). The number of allylic oxidation sites excluding steroid dienone is 1. The molecular formula is C23H19Br2N3O. The summed E-state index contributed by atoms with van der Waals surface area (Å²) in [6.07, 6.45) is 2.12. The van der Waals surface area contributed by atoms with E-state index in [1.54, 1.807) is 0 Å². The first-order chi connectivity index (χ1) is 14.0. The van der Waals surface area contributed by atoms with Crippen molar-refractivity contribution in [2.24, 2.45) is 5.73 Å². The Labute approximate surface area is 187 Å². The summed E-state index contributed by atoms with van der Waals surface area (Å²) in [7, 11) is 2.07. The minimum Gasteiger partial charge on any atom is -0.440 e. The molecule has 0 spiro atoms. The van der Waals surface area contributed by atoms with Crippen LogP contribution >= 0.6 is 31.9 Å². The summed E-state index contributed by atoms with van der Waals surface area (Å²) in [4.78, 5) is 2.23. The van der Waals surface area contributed by atoms with E-state index in [2.05, 4.69) is 62.0 Å². The number of hydrogen-bond donors (Lipinski definition) is 1. The number of nitrogens with two attached hydrogens (primary N) is 1. The first-order valence-electron chi connectivity index (χ1n) is 9.18. The smallest absolute Gasteiger partial charge is 0.205 e. The molecule has 2 aliphatic heterocycles. The Morgan fingerprint density at radius 3 is 2.48 bits per heavy atom. The third-order valence-corrected chi connectivity index (χ3v) is 6.59. The quantitative estimate of drug-likeness (QED) is 0.592. The molecule has 6 heteroatoms. The molecule has 1 unspecified atom stereocenters. The van der Waals surface area contributed by atoms with Crippen molar-refractivity contribution >= 4 is 37.9 Å². The van der Waals surface area contributed by atoms with Crippen LogP contribution in [0.3, 0.4) is 0 Å². The topological polar surface area (TPSA) is 62.3 Å². The monoisotopic (exact) mass is 511 g/mol. The van der Waals surface area contributed by atoms with Gasteiger partial charge in [-0.25, -0.2) is 0 Å². The number of hydrogen-bond acceptors (Lipinski definition) is 4. The van der Waals surface area contributed by atoms with Crippen LogP contribution in [0.1, 0.15) is 17.0 Å². The highest BCUT2D eigenvalue weighted by atomic mass is 79.9. The molecule has 29 heavy (non-hydrogen) atoms. The zero-order valence-corrected chi connectivity index (χ0v) is 19.0. The van der Waals surface area contributed by atoms with Crippen LogP contribution in [0.4, 0.5) is 0 Å². The van der Waals surface area contributed by atoms with Gasteiger partial charge in [0.25, 0.3) is 0 Å². The molecule has 0 radical (unpaired) electrons. The van der Waals surface area contributed by atoms with E-state index in [9.17, 15) is 5.26 Å². The van der Waals surface area contributed by atoms with Crippen LogP contribution < -0.4 is 5.73 Å². The molecule has 2 heterocycles. The fraction of sp³-hybridized carbons (Fsp3) is 0.174. The maximum absolute atomic E-state index is 9.84. The van der Waals surface area contributed by atoms with Crippen molar-refractivity contribution in [3.63, 3.8) is 0 Å². The summed E-state index contributed by atoms with van der Waals surface area (Å²) in [6, 6.07) is 18.3. The maximum Gasteiger partial charge on any atom is 0.205 e. The van der Waals surface area contributed by atoms with Gasteiger partial charge in [0.05, 0.1) is 5.92 Å². The normalized spacial score (nSPS) is 21.0. The van der Waals surface area contributed by atoms with Gasteiger partial charge in [0.15, 0.2) is 0 Å². The molecular weight excluding hydrogens is 494 g/mol. The van der Waals surface area contributed by atoms with Gasteiger partial charge in [0.1, 0.15) is 17.4 Å². The van der Waals surface area contributed by atoms with E-state index < -0.39 is 0 Å². The molecule has 0 aromatic heterocycles. The minimum absolute atomic E-state index is 0.176. The number of benzene rings is 2. The fourth-order valence-corrected chi connectivity index (χ4v) is 4.80. The highest BCUT2D eigenvalue weighted by molar-refractivity contribution is 9.10. The van der Waals surface area contributed by atoms with Gasteiger partial charge < -0.3 is 10.5 Å². The van der Waals surface area contributed by atoms with Crippen molar-refractivity contribution in [1.29, 1.82) is 5.26 Å². The highest BCUT2D eigenvalue weighted by Gasteiger charge is 2.37. The molecule has 0 saturated carbocycles. The second-order valence-corrected chi connectivity index (χ2v) is 8.87. The van der Waals surface area contributed by atoms with Gasteiger partial charge >= 0.3 is 0 Å². The standard InChI is InChI=1S/C23H19Br2N3O/c1-28-12-15(10-14-6-2-4-8-19(14)24)22-18(13-28)21(17(11-26)23(27)29-22)16-7-3-5-9-20(16)25/h2-10,21H,12-13,27H2,1H3. The molecule has 2 aromatic carbocycles. The van der Waals surface area contributed by atoms with E-state index >= 15 is 0 Å². The molecule has 2 N–H and O–H groups in total. The van der Waals surface area contributed by atoms with Gasteiger partial charge in [-0.15, -0.1) is 0 Å². The van der Waals surface area contributed by atoms with Gasteiger partial charge in [-0.1, -0.05) is 68.3 Å². The second kappa shape index (κ2) is 8.19. The summed E-state index contributed by atoms with van der Waals surface area (Å²) in [6.45, 7) is 1.44. The molecule has 4 nitrogen and oxygen atoms in total. The lowest BCUT2D eigenvalue weighted by Crippen LogP contribution is -2.36. The van der Waals surface area contributed by atoms with Crippen LogP contribution in [0.2, 0.25) is 0 Å². The Hall–Kier alpha value is -2.33. The van der Waals surface area contributed by atoms with Crippen molar-refractivity contribution in [1.82, 2.24) is 4.90 Å². The largest absolute Gasteiger partial charge is 0.440 e. The number of nitriles is 1. The van der Waals surface area contributed by atoms with Crippen LogP contribution in [0.25, 0.3) is 6.08 Å². The summed E-state index contributed by atoms with van der Waals surface area (Å²) in [5.74, 6) is 0.704. The lowest BCUT2D eigenvalue weighted by Gasteiger charge is -2.37. The van der Waals surface area contributed by atoms with Crippen molar-refractivity contribution in [2.75, 3.05) is 20.1 Å². The zero-order valence-electron chi connectivity index (χ0n) is 15.8. The van der Waals surface area contributed by atoms with Crippen molar-refractivity contribution in [3.05, 3.63) is 97.0 Å². The molecule has 0 aliphatic carbocycles. The predicted molar refractivity (Wildman–Crippen MR) is 121 cm³/mol. The van der Waals surface area contributed by atoms with Crippen molar-refractivity contribution in [2.45, 2.75) is 5.92 Å². The second-order valence-electron chi connectivity index (χ2n) is 7.16. The summed E-state index contributed by atoms with van der Waals surface area (Å²) in [5, 5.41) is 9.84.